The summed E-state index contributed by atoms with van der Waals surface area (Å²) >= 11 is 0. The van der Waals surface area contributed by atoms with Crippen molar-refractivity contribution in [2.24, 2.45) is 0 Å². The second-order valence-electron chi connectivity index (χ2n) is 7.16. The molecule has 21 heavy (non-hydrogen) atoms. The van der Waals surface area contributed by atoms with Crippen LogP contribution in [-0.2, 0) is 0 Å². The van der Waals surface area contributed by atoms with Crippen LogP contribution in [0.3, 0.4) is 0 Å². The van der Waals surface area contributed by atoms with Crippen molar-refractivity contribution in [2.45, 2.75) is 65.0 Å². The number of likely N-dealkylation sites (tertiary alicyclic amines) is 1. The zero-order valence-corrected chi connectivity index (χ0v) is 14.4. The van der Waals surface area contributed by atoms with Crippen molar-refractivity contribution < 1.29 is 0 Å². The summed E-state index contributed by atoms with van der Waals surface area (Å²) < 4.78 is 0. The molecule has 1 atom stereocenters. The van der Waals surface area contributed by atoms with E-state index in [4.69, 9.17) is 0 Å². The Balaban J connectivity index is 2.24. The molecule has 1 unspecified atom stereocenters. The number of hydrogen-bond acceptors (Lipinski definition) is 2. The van der Waals surface area contributed by atoms with Gasteiger partial charge in [0.05, 0.1) is 6.04 Å². The van der Waals surface area contributed by atoms with E-state index >= 15 is 0 Å². The molecule has 1 aromatic carbocycles. The lowest BCUT2D eigenvalue weighted by atomic mass is 9.86. The van der Waals surface area contributed by atoms with Crippen molar-refractivity contribution >= 4 is 0 Å². The van der Waals surface area contributed by atoms with Crippen molar-refractivity contribution in [3.63, 3.8) is 0 Å². The highest BCUT2D eigenvalue weighted by molar-refractivity contribution is 5.29. The normalized spacial score (nSPS) is 18.4. The van der Waals surface area contributed by atoms with E-state index in [9.17, 15) is 0 Å². The van der Waals surface area contributed by atoms with Crippen LogP contribution in [0.2, 0.25) is 0 Å². The van der Waals surface area contributed by atoms with Crippen LogP contribution in [0.25, 0.3) is 0 Å². The first-order valence-corrected chi connectivity index (χ1v) is 8.55. The van der Waals surface area contributed by atoms with Crippen molar-refractivity contribution in [3.8, 4) is 0 Å². The molecule has 1 fully saturated rings. The SMILES string of the molecule is CCNC(c1ccc(C(C)C)cc1)C(C)(C)N1CCCC1. The lowest BCUT2D eigenvalue weighted by Gasteiger charge is -2.43. The van der Waals surface area contributed by atoms with Gasteiger partial charge < -0.3 is 5.32 Å². The molecule has 118 valence electrons. The smallest absolute Gasteiger partial charge is 0.0501 e. The third-order valence-electron chi connectivity index (χ3n) is 4.97. The molecule has 0 aromatic heterocycles. The standard InChI is InChI=1S/C19H32N2/c1-6-20-18(19(4,5)21-13-7-8-14-21)17-11-9-16(10-12-17)15(2)3/h9-12,15,18,20H,6-8,13-14H2,1-5H3. The fourth-order valence-corrected chi connectivity index (χ4v) is 3.53. The second kappa shape index (κ2) is 6.93. The summed E-state index contributed by atoms with van der Waals surface area (Å²) in [7, 11) is 0. The third-order valence-corrected chi connectivity index (χ3v) is 4.97. The lowest BCUT2D eigenvalue weighted by Crippen LogP contribution is -2.51. The molecule has 0 saturated carbocycles. The molecular formula is C19H32N2. The number of benzene rings is 1. The van der Waals surface area contributed by atoms with Gasteiger partial charge >= 0.3 is 0 Å². The Bertz CT molecular complexity index is 427. The van der Waals surface area contributed by atoms with Crippen molar-refractivity contribution in [1.82, 2.24) is 10.2 Å². The van der Waals surface area contributed by atoms with Crippen LogP contribution in [0.15, 0.2) is 24.3 Å². The monoisotopic (exact) mass is 288 g/mol. The molecule has 0 amide bonds. The topological polar surface area (TPSA) is 15.3 Å². The summed E-state index contributed by atoms with van der Waals surface area (Å²) in [6.45, 7) is 15.0. The Labute approximate surface area is 130 Å². The van der Waals surface area contributed by atoms with Gasteiger partial charge in [0.2, 0.25) is 0 Å². The number of nitrogens with zero attached hydrogens (tertiary/aromatic N) is 1. The maximum atomic E-state index is 3.72. The van der Waals surface area contributed by atoms with Crippen LogP contribution in [0.5, 0.6) is 0 Å². The largest absolute Gasteiger partial charge is 0.309 e. The highest BCUT2D eigenvalue weighted by atomic mass is 15.2. The van der Waals surface area contributed by atoms with Gasteiger partial charge in [-0.05, 0) is 63.4 Å². The van der Waals surface area contributed by atoms with Crippen LogP contribution in [0.4, 0.5) is 0 Å². The lowest BCUT2D eigenvalue weighted by molar-refractivity contribution is 0.107. The van der Waals surface area contributed by atoms with Gasteiger partial charge in [-0.15, -0.1) is 0 Å². The first-order valence-electron chi connectivity index (χ1n) is 8.55. The molecule has 1 N–H and O–H groups in total. The number of hydrogen-bond donors (Lipinski definition) is 1. The van der Waals surface area contributed by atoms with Gasteiger partial charge in [0, 0.05) is 5.54 Å². The van der Waals surface area contributed by atoms with Crippen LogP contribution in [0, 0.1) is 0 Å². The number of likely N-dealkylation sites (N-methyl/N-ethyl adjacent to an activating group) is 1. The minimum absolute atomic E-state index is 0.159. The first-order chi connectivity index (χ1) is 9.96. The van der Waals surface area contributed by atoms with Crippen LogP contribution >= 0.6 is 0 Å². The van der Waals surface area contributed by atoms with Crippen molar-refractivity contribution in [1.29, 1.82) is 0 Å². The zero-order chi connectivity index (χ0) is 15.5. The second-order valence-corrected chi connectivity index (χ2v) is 7.16. The predicted molar refractivity (Wildman–Crippen MR) is 91.8 cm³/mol. The van der Waals surface area contributed by atoms with Crippen LogP contribution in [0.1, 0.15) is 70.5 Å². The van der Waals surface area contributed by atoms with Crippen LogP contribution in [-0.4, -0.2) is 30.1 Å². The van der Waals surface area contributed by atoms with E-state index in [2.05, 4.69) is 69.1 Å². The predicted octanol–water partition coefficient (Wildman–Crippen LogP) is 4.34. The highest BCUT2D eigenvalue weighted by Gasteiger charge is 2.37. The Morgan fingerprint density at radius 3 is 2.05 bits per heavy atom. The average Bonchev–Trinajstić information content (AvgIpc) is 2.99. The number of rotatable bonds is 6. The van der Waals surface area contributed by atoms with E-state index in [1.54, 1.807) is 0 Å². The molecule has 2 nitrogen and oxygen atoms in total. The average molecular weight is 288 g/mol. The molecule has 2 heteroatoms. The summed E-state index contributed by atoms with van der Waals surface area (Å²) in [6, 6.07) is 9.62. The quantitative estimate of drug-likeness (QED) is 0.838. The van der Waals surface area contributed by atoms with Gasteiger partial charge in [-0.2, -0.15) is 0 Å². The summed E-state index contributed by atoms with van der Waals surface area (Å²) in [5.74, 6) is 0.600. The molecule has 0 spiro atoms. The van der Waals surface area contributed by atoms with Crippen LogP contribution < -0.4 is 5.32 Å². The Morgan fingerprint density at radius 1 is 1.05 bits per heavy atom. The molecular weight excluding hydrogens is 256 g/mol. The van der Waals surface area contributed by atoms with Crippen molar-refractivity contribution in [3.05, 3.63) is 35.4 Å². The molecule has 1 aromatic rings. The van der Waals surface area contributed by atoms with Gasteiger partial charge in [0.1, 0.15) is 0 Å². The van der Waals surface area contributed by atoms with E-state index in [0.29, 0.717) is 12.0 Å². The van der Waals surface area contributed by atoms with E-state index < -0.39 is 0 Å². The van der Waals surface area contributed by atoms with E-state index in [1.165, 1.54) is 37.1 Å². The molecule has 0 bridgehead atoms. The van der Waals surface area contributed by atoms with Gasteiger partial charge in [-0.1, -0.05) is 45.0 Å². The fourth-order valence-electron chi connectivity index (χ4n) is 3.53. The Hall–Kier alpha value is -0.860. The fraction of sp³-hybridized carbons (Fsp3) is 0.684. The molecule has 1 aliphatic heterocycles. The highest BCUT2D eigenvalue weighted by Crippen LogP contribution is 2.34. The summed E-state index contributed by atoms with van der Waals surface area (Å²) in [6.07, 6.45) is 2.68. The number of nitrogens with one attached hydrogen (secondary N) is 1. The van der Waals surface area contributed by atoms with E-state index in [0.717, 1.165) is 6.54 Å². The van der Waals surface area contributed by atoms with Gasteiger partial charge in [-0.3, -0.25) is 4.90 Å². The summed E-state index contributed by atoms with van der Waals surface area (Å²) in [4.78, 5) is 2.65. The Kier molecular flexibility index (Phi) is 5.45. The summed E-state index contributed by atoms with van der Waals surface area (Å²) in [5.41, 5.74) is 3.00. The zero-order valence-electron chi connectivity index (χ0n) is 14.4. The minimum Gasteiger partial charge on any atom is -0.309 e. The summed E-state index contributed by atoms with van der Waals surface area (Å²) in [5, 5.41) is 3.72. The Morgan fingerprint density at radius 2 is 1.57 bits per heavy atom. The molecule has 2 rings (SSSR count). The molecule has 1 saturated heterocycles. The molecule has 1 heterocycles. The minimum atomic E-state index is 0.159. The maximum Gasteiger partial charge on any atom is 0.0501 e. The van der Waals surface area contributed by atoms with Gasteiger partial charge in [0.15, 0.2) is 0 Å². The van der Waals surface area contributed by atoms with Gasteiger partial charge in [-0.25, -0.2) is 0 Å². The molecule has 1 aliphatic rings. The van der Waals surface area contributed by atoms with Crippen molar-refractivity contribution in [2.75, 3.05) is 19.6 Å². The van der Waals surface area contributed by atoms with E-state index in [-0.39, 0.29) is 5.54 Å². The first kappa shape index (κ1) is 16.5. The third kappa shape index (κ3) is 3.67. The molecule has 0 aliphatic carbocycles. The molecule has 0 radical (unpaired) electrons. The maximum absolute atomic E-state index is 3.72. The van der Waals surface area contributed by atoms with E-state index in [1.807, 2.05) is 0 Å². The van der Waals surface area contributed by atoms with Gasteiger partial charge in [0.25, 0.3) is 0 Å².